The second-order valence-corrected chi connectivity index (χ2v) is 5.54. The van der Waals surface area contributed by atoms with E-state index in [-0.39, 0.29) is 5.56 Å². The maximum atomic E-state index is 11.4. The van der Waals surface area contributed by atoms with Crippen molar-refractivity contribution < 1.29 is 19.4 Å². The number of ether oxygens (including phenoxy) is 1. The van der Waals surface area contributed by atoms with E-state index in [2.05, 4.69) is 5.32 Å². The lowest BCUT2D eigenvalue weighted by Gasteiger charge is -2.19. The van der Waals surface area contributed by atoms with E-state index < -0.39 is 17.7 Å². The van der Waals surface area contributed by atoms with Gasteiger partial charge >= 0.3 is 12.1 Å². The van der Waals surface area contributed by atoms with Crippen LogP contribution in [-0.4, -0.2) is 29.3 Å². The van der Waals surface area contributed by atoms with Gasteiger partial charge in [0.15, 0.2) is 0 Å². The van der Waals surface area contributed by atoms with Crippen molar-refractivity contribution >= 4 is 12.1 Å². The van der Waals surface area contributed by atoms with Gasteiger partial charge in [-0.15, -0.1) is 0 Å². The minimum atomic E-state index is -0.932. The van der Waals surface area contributed by atoms with Gasteiger partial charge in [0.1, 0.15) is 5.60 Å². The molecule has 0 saturated carbocycles. The van der Waals surface area contributed by atoms with Crippen LogP contribution in [0.25, 0.3) is 0 Å². The van der Waals surface area contributed by atoms with Gasteiger partial charge in [-0.2, -0.15) is 0 Å². The highest BCUT2D eigenvalue weighted by Crippen LogP contribution is 2.08. The molecule has 0 radical (unpaired) electrons. The number of carbonyl (C=O) groups is 2. The molecule has 0 unspecified atom stereocenters. The Bertz CT molecular complexity index is 477. The fourth-order valence-corrected chi connectivity index (χ4v) is 1.66. The van der Waals surface area contributed by atoms with Gasteiger partial charge in [-0.1, -0.05) is 12.1 Å². The largest absolute Gasteiger partial charge is 0.478 e. The summed E-state index contributed by atoms with van der Waals surface area (Å²) < 4.78 is 5.11. The van der Waals surface area contributed by atoms with Crippen molar-refractivity contribution in [3.05, 3.63) is 35.4 Å². The summed E-state index contributed by atoms with van der Waals surface area (Å²) in [6, 6.07) is 6.81. The molecule has 1 aromatic rings. The van der Waals surface area contributed by atoms with E-state index in [4.69, 9.17) is 9.84 Å². The number of hydrogen-bond acceptors (Lipinski definition) is 3. The molecule has 5 nitrogen and oxygen atoms in total. The molecular formula is C15H21NO4. The Balaban J connectivity index is 2.33. The summed E-state index contributed by atoms with van der Waals surface area (Å²) in [5, 5.41) is 11.6. The summed E-state index contributed by atoms with van der Waals surface area (Å²) >= 11 is 0. The van der Waals surface area contributed by atoms with Gasteiger partial charge in [0, 0.05) is 6.54 Å². The molecule has 0 fully saturated rings. The number of benzene rings is 1. The standard InChI is InChI=1S/C15H21NO4/c1-15(2,3)20-14(19)16-9-5-7-11-6-4-8-12(10-11)13(17)18/h4,6,8,10H,5,7,9H2,1-3H3,(H,16,19)(H,17,18). The van der Waals surface area contributed by atoms with Crippen LogP contribution in [0.4, 0.5) is 4.79 Å². The molecule has 0 spiro atoms. The molecule has 110 valence electrons. The molecule has 1 rings (SSSR count). The van der Waals surface area contributed by atoms with Crippen LogP contribution in [0.15, 0.2) is 24.3 Å². The SMILES string of the molecule is CC(C)(C)OC(=O)NCCCc1cccc(C(=O)O)c1. The van der Waals surface area contributed by atoms with Crippen LogP contribution in [0, 0.1) is 0 Å². The molecule has 0 aromatic heterocycles. The van der Waals surface area contributed by atoms with E-state index in [0.29, 0.717) is 13.0 Å². The fraction of sp³-hybridized carbons (Fsp3) is 0.467. The average Bonchev–Trinajstić information content (AvgIpc) is 2.33. The molecule has 1 amide bonds. The van der Waals surface area contributed by atoms with Gasteiger partial charge in [-0.3, -0.25) is 0 Å². The summed E-state index contributed by atoms with van der Waals surface area (Å²) in [6.07, 6.45) is 0.996. The number of carbonyl (C=O) groups excluding carboxylic acids is 1. The van der Waals surface area contributed by atoms with Gasteiger partial charge in [0.25, 0.3) is 0 Å². The maximum Gasteiger partial charge on any atom is 0.407 e. The topological polar surface area (TPSA) is 75.6 Å². The molecule has 0 bridgehead atoms. The zero-order valence-corrected chi connectivity index (χ0v) is 12.1. The van der Waals surface area contributed by atoms with Gasteiger partial charge in [0.2, 0.25) is 0 Å². The lowest BCUT2D eigenvalue weighted by molar-refractivity contribution is 0.0526. The van der Waals surface area contributed by atoms with Gasteiger partial charge in [-0.05, 0) is 51.3 Å². The molecule has 20 heavy (non-hydrogen) atoms. The third-order valence-electron chi connectivity index (χ3n) is 2.48. The van der Waals surface area contributed by atoms with E-state index in [1.165, 1.54) is 0 Å². The minimum Gasteiger partial charge on any atom is -0.478 e. The number of carboxylic acid groups (broad SMARTS) is 1. The maximum absolute atomic E-state index is 11.4. The lowest BCUT2D eigenvalue weighted by atomic mass is 10.1. The Morgan fingerprint density at radius 1 is 1.30 bits per heavy atom. The first-order chi connectivity index (χ1) is 9.28. The van der Waals surface area contributed by atoms with Crippen LogP contribution in [0.2, 0.25) is 0 Å². The molecule has 0 aliphatic carbocycles. The molecular weight excluding hydrogens is 258 g/mol. The average molecular weight is 279 g/mol. The highest BCUT2D eigenvalue weighted by atomic mass is 16.6. The van der Waals surface area contributed by atoms with Crippen molar-refractivity contribution in [1.82, 2.24) is 5.32 Å². The van der Waals surface area contributed by atoms with E-state index in [0.717, 1.165) is 12.0 Å². The minimum absolute atomic E-state index is 0.280. The predicted octanol–water partition coefficient (Wildman–Crippen LogP) is 2.84. The summed E-state index contributed by atoms with van der Waals surface area (Å²) in [6.45, 7) is 5.92. The predicted molar refractivity (Wildman–Crippen MR) is 76.0 cm³/mol. The van der Waals surface area contributed by atoms with Gasteiger partial charge in [0.05, 0.1) is 5.56 Å². The number of rotatable bonds is 5. The number of amides is 1. The normalized spacial score (nSPS) is 10.9. The second-order valence-electron chi connectivity index (χ2n) is 5.54. The third-order valence-corrected chi connectivity index (χ3v) is 2.48. The zero-order valence-electron chi connectivity index (χ0n) is 12.1. The summed E-state index contributed by atoms with van der Waals surface area (Å²) in [4.78, 5) is 22.2. The molecule has 0 saturated heterocycles. The molecule has 0 aliphatic rings. The van der Waals surface area contributed by atoms with E-state index in [1.54, 1.807) is 18.2 Å². The van der Waals surface area contributed by atoms with E-state index in [9.17, 15) is 9.59 Å². The van der Waals surface area contributed by atoms with Crippen LogP contribution in [0.3, 0.4) is 0 Å². The van der Waals surface area contributed by atoms with Crippen LogP contribution in [0.1, 0.15) is 43.1 Å². The van der Waals surface area contributed by atoms with E-state index >= 15 is 0 Å². The molecule has 0 aliphatic heterocycles. The first kappa shape index (κ1) is 16.0. The van der Waals surface area contributed by atoms with Crippen molar-refractivity contribution in [2.24, 2.45) is 0 Å². The molecule has 5 heteroatoms. The van der Waals surface area contributed by atoms with Crippen molar-refractivity contribution in [2.75, 3.05) is 6.54 Å². The Morgan fingerprint density at radius 2 is 2.00 bits per heavy atom. The van der Waals surface area contributed by atoms with Gasteiger partial charge in [-0.25, -0.2) is 9.59 Å². The summed E-state index contributed by atoms with van der Waals surface area (Å²) in [5.74, 6) is -0.932. The highest BCUT2D eigenvalue weighted by molar-refractivity contribution is 5.87. The summed E-state index contributed by atoms with van der Waals surface area (Å²) in [7, 11) is 0. The molecule has 0 atom stereocenters. The van der Waals surface area contributed by atoms with E-state index in [1.807, 2.05) is 26.8 Å². The first-order valence-electron chi connectivity index (χ1n) is 6.57. The van der Waals surface area contributed by atoms with Crippen LogP contribution < -0.4 is 5.32 Å². The Hall–Kier alpha value is -2.04. The number of aromatic carboxylic acids is 1. The Kier molecular flexibility index (Phi) is 5.55. The zero-order chi connectivity index (χ0) is 15.2. The van der Waals surface area contributed by atoms with Crippen molar-refractivity contribution in [3.8, 4) is 0 Å². The number of nitrogens with one attached hydrogen (secondary N) is 1. The number of aryl methyl sites for hydroxylation is 1. The lowest BCUT2D eigenvalue weighted by Crippen LogP contribution is -2.33. The second kappa shape index (κ2) is 6.93. The van der Waals surface area contributed by atoms with Crippen molar-refractivity contribution in [3.63, 3.8) is 0 Å². The Morgan fingerprint density at radius 3 is 2.60 bits per heavy atom. The third kappa shape index (κ3) is 6.22. The number of carboxylic acids is 1. The summed E-state index contributed by atoms with van der Waals surface area (Å²) in [5.41, 5.74) is 0.721. The highest BCUT2D eigenvalue weighted by Gasteiger charge is 2.15. The smallest absolute Gasteiger partial charge is 0.407 e. The quantitative estimate of drug-likeness (QED) is 0.813. The molecule has 2 N–H and O–H groups in total. The van der Waals surface area contributed by atoms with Gasteiger partial charge < -0.3 is 15.2 Å². The molecule has 0 heterocycles. The Labute approximate surface area is 118 Å². The van der Waals surface area contributed by atoms with Crippen LogP contribution >= 0.6 is 0 Å². The monoisotopic (exact) mass is 279 g/mol. The first-order valence-corrected chi connectivity index (χ1v) is 6.57. The molecule has 1 aromatic carbocycles. The van der Waals surface area contributed by atoms with Crippen LogP contribution in [-0.2, 0) is 11.2 Å². The fourth-order valence-electron chi connectivity index (χ4n) is 1.66. The van der Waals surface area contributed by atoms with Crippen molar-refractivity contribution in [1.29, 1.82) is 0 Å². The van der Waals surface area contributed by atoms with Crippen LogP contribution in [0.5, 0.6) is 0 Å². The number of hydrogen-bond donors (Lipinski definition) is 2. The van der Waals surface area contributed by atoms with Crippen molar-refractivity contribution in [2.45, 2.75) is 39.2 Å². The number of alkyl carbamates (subject to hydrolysis) is 1.